The van der Waals surface area contributed by atoms with Crippen molar-refractivity contribution in [2.75, 3.05) is 7.11 Å². The summed E-state index contributed by atoms with van der Waals surface area (Å²) in [6.45, 7) is 2.85. The summed E-state index contributed by atoms with van der Waals surface area (Å²) in [5, 5.41) is 3.51. The van der Waals surface area contributed by atoms with Gasteiger partial charge >= 0.3 is 0 Å². The van der Waals surface area contributed by atoms with Crippen LogP contribution < -0.4 is 10.1 Å². The van der Waals surface area contributed by atoms with E-state index in [4.69, 9.17) is 4.74 Å². The molecule has 0 saturated carbocycles. The van der Waals surface area contributed by atoms with E-state index in [1.807, 2.05) is 42.5 Å². The molecule has 0 aliphatic rings. The molecule has 0 saturated heterocycles. The van der Waals surface area contributed by atoms with Gasteiger partial charge in [-0.25, -0.2) is 4.39 Å². The Kier molecular flexibility index (Phi) is 5.46. The molecule has 0 aliphatic heterocycles. The molecule has 3 heteroatoms. The van der Waals surface area contributed by atoms with Crippen molar-refractivity contribution >= 4 is 0 Å². The molecule has 0 aliphatic carbocycles. The molecule has 3 aromatic rings. The first-order valence-corrected chi connectivity index (χ1v) is 8.38. The summed E-state index contributed by atoms with van der Waals surface area (Å²) < 4.78 is 19.2. The minimum atomic E-state index is -0.195. The van der Waals surface area contributed by atoms with E-state index in [2.05, 4.69) is 30.4 Å². The van der Waals surface area contributed by atoms with Crippen LogP contribution in [0.5, 0.6) is 5.75 Å². The highest BCUT2D eigenvalue weighted by Gasteiger charge is 2.07. The molecule has 1 unspecified atom stereocenters. The molecule has 128 valence electrons. The van der Waals surface area contributed by atoms with Gasteiger partial charge in [-0.3, -0.25) is 0 Å². The Balaban J connectivity index is 1.69. The Morgan fingerprint density at radius 2 is 1.72 bits per heavy atom. The summed E-state index contributed by atoms with van der Waals surface area (Å²) in [4.78, 5) is 0. The topological polar surface area (TPSA) is 21.3 Å². The van der Waals surface area contributed by atoms with E-state index in [0.717, 1.165) is 23.4 Å². The molecule has 2 nitrogen and oxygen atoms in total. The van der Waals surface area contributed by atoms with Crippen LogP contribution in [0.15, 0.2) is 72.8 Å². The van der Waals surface area contributed by atoms with Crippen LogP contribution in [-0.2, 0) is 6.54 Å². The van der Waals surface area contributed by atoms with Gasteiger partial charge < -0.3 is 10.1 Å². The van der Waals surface area contributed by atoms with Crippen molar-refractivity contribution in [1.29, 1.82) is 0 Å². The van der Waals surface area contributed by atoms with Gasteiger partial charge in [-0.15, -0.1) is 0 Å². The summed E-state index contributed by atoms with van der Waals surface area (Å²) in [6, 6.07) is 23.1. The fourth-order valence-electron chi connectivity index (χ4n) is 2.83. The van der Waals surface area contributed by atoms with E-state index in [9.17, 15) is 4.39 Å². The molecule has 0 aromatic heterocycles. The Morgan fingerprint density at radius 3 is 2.44 bits per heavy atom. The van der Waals surface area contributed by atoms with Gasteiger partial charge in [0.25, 0.3) is 0 Å². The number of halogens is 1. The molecular formula is C22H22FNO. The van der Waals surface area contributed by atoms with Crippen molar-refractivity contribution < 1.29 is 9.13 Å². The fourth-order valence-corrected chi connectivity index (χ4v) is 2.83. The Hall–Kier alpha value is -2.65. The van der Waals surface area contributed by atoms with E-state index in [1.165, 1.54) is 11.6 Å². The lowest BCUT2D eigenvalue weighted by atomic mass is 10.0. The third-order valence-electron chi connectivity index (χ3n) is 4.34. The Bertz CT molecular complexity index is 829. The zero-order valence-electron chi connectivity index (χ0n) is 14.5. The fraction of sp³-hybridized carbons (Fsp3) is 0.182. The van der Waals surface area contributed by atoms with Gasteiger partial charge in [0, 0.05) is 18.2 Å². The van der Waals surface area contributed by atoms with Crippen LogP contribution in [-0.4, -0.2) is 7.11 Å². The molecule has 0 fully saturated rings. The van der Waals surface area contributed by atoms with Crippen molar-refractivity contribution in [1.82, 2.24) is 5.32 Å². The van der Waals surface area contributed by atoms with E-state index in [0.29, 0.717) is 5.56 Å². The van der Waals surface area contributed by atoms with Crippen molar-refractivity contribution in [2.24, 2.45) is 0 Å². The number of nitrogens with one attached hydrogen (secondary N) is 1. The number of rotatable bonds is 6. The number of hydrogen-bond donors (Lipinski definition) is 1. The number of benzene rings is 3. The summed E-state index contributed by atoms with van der Waals surface area (Å²) in [7, 11) is 1.67. The van der Waals surface area contributed by atoms with Gasteiger partial charge in [0.2, 0.25) is 0 Å². The summed E-state index contributed by atoms with van der Waals surface area (Å²) in [5.41, 5.74) is 3.86. The Morgan fingerprint density at radius 1 is 0.960 bits per heavy atom. The molecular weight excluding hydrogens is 313 g/mol. The molecule has 3 aromatic carbocycles. The smallest absolute Gasteiger partial charge is 0.131 e. The Labute approximate surface area is 148 Å². The minimum absolute atomic E-state index is 0.195. The molecule has 0 spiro atoms. The molecule has 1 atom stereocenters. The normalized spacial score (nSPS) is 12.0. The molecule has 3 rings (SSSR count). The zero-order valence-corrected chi connectivity index (χ0v) is 14.5. The maximum absolute atomic E-state index is 14.0. The summed E-state index contributed by atoms with van der Waals surface area (Å²) in [6.07, 6.45) is 0. The average molecular weight is 335 g/mol. The molecule has 25 heavy (non-hydrogen) atoms. The van der Waals surface area contributed by atoms with E-state index >= 15 is 0 Å². The molecule has 1 N–H and O–H groups in total. The van der Waals surface area contributed by atoms with Gasteiger partial charge in [0.1, 0.15) is 11.6 Å². The molecule has 0 bridgehead atoms. The second-order valence-corrected chi connectivity index (χ2v) is 6.06. The molecule has 0 radical (unpaired) electrons. The van der Waals surface area contributed by atoms with Crippen LogP contribution >= 0.6 is 0 Å². The number of methoxy groups -OCH3 is 1. The first kappa shape index (κ1) is 17.2. The van der Waals surface area contributed by atoms with Crippen LogP contribution in [0.2, 0.25) is 0 Å². The third kappa shape index (κ3) is 4.25. The van der Waals surface area contributed by atoms with E-state index < -0.39 is 0 Å². The predicted molar refractivity (Wildman–Crippen MR) is 100 cm³/mol. The standard InChI is InChI=1S/C22H22FNO/c1-16(18-10-12-20(25-2)13-11-18)24-15-17-6-5-7-19(14-17)21-8-3-4-9-22(21)23/h3-14,16,24H,15H2,1-2H3. The van der Waals surface area contributed by atoms with Crippen molar-refractivity contribution in [3.05, 3.63) is 89.7 Å². The first-order chi connectivity index (χ1) is 12.2. The third-order valence-corrected chi connectivity index (χ3v) is 4.34. The first-order valence-electron chi connectivity index (χ1n) is 8.38. The SMILES string of the molecule is COc1ccc(C(C)NCc2cccc(-c3ccccc3F)c2)cc1. The van der Waals surface area contributed by atoms with E-state index in [1.54, 1.807) is 13.2 Å². The lowest BCUT2D eigenvalue weighted by molar-refractivity contribution is 0.414. The van der Waals surface area contributed by atoms with Crippen molar-refractivity contribution in [2.45, 2.75) is 19.5 Å². The van der Waals surface area contributed by atoms with Crippen LogP contribution in [0.1, 0.15) is 24.1 Å². The highest BCUT2D eigenvalue weighted by Crippen LogP contribution is 2.24. The second-order valence-electron chi connectivity index (χ2n) is 6.06. The second kappa shape index (κ2) is 7.95. The zero-order chi connectivity index (χ0) is 17.6. The van der Waals surface area contributed by atoms with Crippen LogP contribution in [0.3, 0.4) is 0 Å². The summed E-state index contributed by atoms with van der Waals surface area (Å²) in [5.74, 6) is 0.660. The minimum Gasteiger partial charge on any atom is -0.497 e. The quantitative estimate of drug-likeness (QED) is 0.655. The van der Waals surface area contributed by atoms with Gasteiger partial charge in [0.15, 0.2) is 0 Å². The lowest BCUT2D eigenvalue weighted by Crippen LogP contribution is -2.18. The maximum Gasteiger partial charge on any atom is 0.131 e. The van der Waals surface area contributed by atoms with Gasteiger partial charge in [-0.1, -0.05) is 48.5 Å². The van der Waals surface area contributed by atoms with E-state index in [-0.39, 0.29) is 11.9 Å². The maximum atomic E-state index is 14.0. The van der Waals surface area contributed by atoms with Crippen LogP contribution in [0, 0.1) is 5.82 Å². The van der Waals surface area contributed by atoms with Crippen LogP contribution in [0.25, 0.3) is 11.1 Å². The predicted octanol–water partition coefficient (Wildman–Crippen LogP) is 5.35. The average Bonchev–Trinajstić information content (AvgIpc) is 2.67. The van der Waals surface area contributed by atoms with Crippen LogP contribution in [0.4, 0.5) is 4.39 Å². The van der Waals surface area contributed by atoms with Gasteiger partial charge in [-0.05, 0) is 47.9 Å². The molecule has 0 amide bonds. The monoisotopic (exact) mass is 335 g/mol. The largest absolute Gasteiger partial charge is 0.497 e. The highest BCUT2D eigenvalue weighted by molar-refractivity contribution is 5.64. The van der Waals surface area contributed by atoms with Gasteiger partial charge in [0.05, 0.1) is 7.11 Å². The molecule has 0 heterocycles. The summed E-state index contributed by atoms with van der Waals surface area (Å²) >= 11 is 0. The van der Waals surface area contributed by atoms with Crippen molar-refractivity contribution in [3.8, 4) is 16.9 Å². The number of hydrogen-bond acceptors (Lipinski definition) is 2. The lowest BCUT2D eigenvalue weighted by Gasteiger charge is -2.15. The van der Waals surface area contributed by atoms with Crippen molar-refractivity contribution in [3.63, 3.8) is 0 Å². The highest BCUT2D eigenvalue weighted by atomic mass is 19.1. The van der Waals surface area contributed by atoms with Gasteiger partial charge in [-0.2, -0.15) is 0 Å². The number of ether oxygens (including phenoxy) is 1.